The van der Waals surface area contributed by atoms with Crippen molar-refractivity contribution in [3.05, 3.63) is 63.1 Å². The van der Waals surface area contributed by atoms with Crippen molar-refractivity contribution in [2.24, 2.45) is 5.92 Å². The summed E-state index contributed by atoms with van der Waals surface area (Å²) in [7, 11) is 0. The first-order valence-electron chi connectivity index (χ1n) is 11.1. The van der Waals surface area contributed by atoms with Crippen LogP contribution in [0, 0.1) is 5.92 Å². The average molecular weight is 455 g/mol. The summed E-state index contributed by atoms with van der Waals surface area (Å²) >= 11 is 0. The molecule has 0 spiro atoms. The number of amides is 2. The second-order valence-electron chi connectivity index (χ2n) is 8.41. The molecule has 0 fully saturated rings. The van der Waals surface area contributed by atoms with Gasteiger partial charge in [-0.25, -0.2) is 14.3 Å². The molecule has 0 atom stereocenters. The van der Waals surface area contributed by atoms with Gasteiger partial charge in [-0.05, 0) is 17.9 Å². The predicted octanol–water partition coefficient (Wildman–Crippen LogP) is 1.40. The molecule has 0 saturated heterocycles. The van der Waals surface area contributed by atoms with Crippen LogP contribution in [0.4, 0.5) is 0 Å². The molecule has 2 heterocycles. The van der Waals surface area contributed by atoms with Gasteiger partial charge >= 0.3 is 5.69 Å². The first kappa shape index (κ1) is 24.0. The molecule has 0 aliphatic rings. The third-order valence-corrected chi connectivity index (χ3v) is 5.13. The van der Waals surface area contributed by atoms with Gasteiger partial charge in [0.15, 0.2) is 11.2 Å². The van der Waals surface area contributed by atoms with Gasteiger partial charge in [-0.1, -0.05) is 57.5 Å². The third-order valence-electron chi connectivity index (χ3n) is 5.13. The highest BCUT2D eigenvalue weighted by molar-refractivity contribution is 5.82. The van der Waals surface area contributed by atoms with E-state index in [1.54, 1.807) is 10.9 Å². The molecule has 10 nitrogen and oxygen atoms in total. The Labute approximate surface area is 191 Å². The van der Waals surface area contributed by atoms with Crippen LogP contribution in [0.5, 0.6) is 0 Å². The van der Waals surface area contributed by atoms with Crippen LogP contribution in [0.25, 0.3) is 11.2 Å². The van der Waals surface area contributed by atoms with Crippen molar-refractivity contribution in [2.45, 2.75) is 59.7 Å². The lowest BCUT2D eigenvalue weighted by atomic mass is 10.2. The number of rotatable bonds is 9. The molecule has 3 aromatic rings. The third kappa shape index (κ3) is 5.76. The van der Waals surface area contributed by atoms with Crippen molar-refractivity contribution in [3.8, 4) is 0 Å². The zero-order valence-electron chi connectivity index (χ0n) is 19.2. The van der Waals surface area contributed by atoms with E-state index in [0.29, 0.717) is 13.0 Å². The summed E-state index contributed by atoms with van der Waals surface area (Å²) in [6.07, 6.45) is 3.37. The van der Waals surface area contributed by atoms with E-state index in [9.17, 15) is 19.2 Å². The topological polar surface area (TPSA) is 120 Å². The average Bonchev–Trinajstić information content (AvgIpc) is 3.20. The monoisotopic (exact) mass is 454 g/mol. The molecular weight excluding hydrogens is 424 g/mol. The van der Waals surface area contributed by atoms with E-state index >= 15 is 0 Å². The maximum Gasteiger partial charge on any atom is 0.333 e. The SMILES string of the molecule is CCCCC(=O)NNC(=O)Cn1c(=O)c2c(ncn2CC(C)C)n(Cc2ccccc2)c1=O. The number of hydrogen-bond acceptors (Lipinski definition) is 5. The van der Waals surface area contributed by atoms with Gasteiger partial charge in [-0.3, -0.25) is 29.8 Å². The second kappa shape index (κ2) is 10.8. The molecule has 0 aliphatic heterocycles. The molecule has 2 N–H and O–H groups in total. The molecule has 0 unspecified atom stereocenters. The molecule has 0 radical (unpaired) electrons. The van der Waals surface area contributed by atoms with Crippen LogP contribution < -0.4 is 22.1 Å². The van der Waals surface area contributed by atoms with Crippen molar-refractivity contribution in [1.82, 2.24) is 29.5 Å². The number of aromatic nitrogens is 4. The molecule has 3 rings (SSSR count). The van der Waals surface area contributed by atoms with Crippen LogP contribution in [0.1, 0.15) is 45.6 Å². The van der Waals surface area contributed by atoms with Crippen molar-refractivity contribution < 1.29 is 9.59 Å². The van der Waals surface area contributed by atoms with Crippen LogP contribution in [0.2, 0.25) is 0 Å². The van der Waals surface area contributed by atoms with Crippen LogP contribution >= 0.6 is 0 Å². The fourth-order valence-electron chi connectivity index (χ4n) is 3.54. The minimum atomic E-state index is -0.667. The summed E-state index contributed by atoms with van der Waals surface area (Å²) in [5.41, 5.74) is 4.77. The highest BCUT2D eigenvalue weighted by atomic mass is 16.2. The fourth-order valence-corrected chi connectivity index (χ4v) is 3.54. The molecule has 10 heteroatoms. The van der Waals surface area contributed by atoms with Gasteiger partial charge in [0.1, 0.15) is 6.54 Å². The summed E-state index contributed by atoms with van der Waals surface area (Å²) in [6, 6.07) is 9.34. The van der Waals surface area contributed by atoms with Crippen molar-refractivity contribution in [2.75, 3.05) is 0 Å². The summed E-state index contributed by atoms with van der Waals surface area (Å²) in [4.78, 5) is 55.1. The number of benzene rings is 1. The van der Waals surface area contributed by atoms with Gasteiger partial charge in [0.2, 0.25) is 5.91 Å². The maximum absolute atomic E-state index is 13.3. The number of carbonyl (C=O) groups is 2. The molecular formula is C23H30N6O4. The van der Waals surface area contributed by atoms with Crippen molar-refractivity contribution in [1.29, 1.82) is 0 Å². The van der Waals surface area contributed by atoms with E-state index < -0.39 is 23.7 Å². The standard InChI is InChI=1S/C23H30N6O4/c1-4-5-11-18(30)25-26-19(31)14-29-22(32)20-21(24-15-27(20)12-16(2)3)28(23(29)33)13-17-9-7-6-8-10-17/h6-10,15-16H,4-5,11-14H2,1-3H3,(H,25,30)(H,26,31). The highest BCUT2D eigenvalue weighted by Crippen LogP contribution is 2.11. The zero-order valence-corrected chi connectivity index (χ0v) is 19.2. The Kier molecular flexibility index (Phi) is 7.81. The lowest BCUT2D eigenvalue weighted by molar-refractivity contribution is -0.129. The molecule has 2 amide bonds. The summed E-state index contributed by atoms with van der Waals surface area (Å²) in [5.74, 6) is -0.754. The Bertz CT molecular complexity index is 1240. The molecule has 1 aromatic carbocycles. The Balaban J connectivity index is 1.99. The number of unbranched alkanes of at least 4 members (excludes halogenated alkanes) is 1. The normalized spacial score (nSPS) is 11.2. The largest absolute Gasteiger partial charge is 0.333 e. The number of carbonyl (C=O) groups excluding carboxylic acids is 2. The van der Waals surface area contributed by atoms with Gasteiger partial charge in [0.05, 0.1) is 12.9 Å². The van der Waals surface area contributed by atoms with E-state index in [0.717, 1.165) is 16.6 Å². The van der Waals surface area contributed by atoms with E-state index in [-0.39, 0.29) is 36.0 Å². The lowest BCUT2D eigenvalue weighted by Gasteiger charge is -2.14. The number of hydrogen-bond donors (Lipinski definition) is 2. The second-order valence-corrected chi connectivity index (χ2v) is 8.41. The predicted molar refractivity (Wildman–Crippen MR) is 124 cm³/mol. The quantitative estimate of drug-likeness (QED) is 0.474. The van der Waals surface area contributed by atoms with Gasteiger partial charge < -0.3 is 4.57 Å². The number of nitrogens with one attached hydrogen (secondary N) is 2. The zero-order chi connectivity index (χ0) is 24.0. The Hall–Kier alpha value is -3.69. The number of nitrogens with zero attached hydrogens (tertiary/aromatic N) is 4. The number of fused-ring (bicyclic) bond motifs is 1. The van der Waals surface area contributed by atoms with Crippen molar-refractivity contribution >= 4 is 23.0 Å². The van der Waals surface area contributed by atoms with Gasteiger partial charge in [0.25, 0.3) is 11.5 Å². The van der Waals surface area contributed by atoms with Crippen LogP contribution in [-0.4, -0.2) is 30.5 Å². The summed E-state index contributed by atoms with van der Waals surface area (Å²) in [6.45, 7) is 6.19. The Morgan fingerprint density at radius 3 is 2.39 bits per heavy atom. The molecule has 176 valence electrons. The van der Waals surface area contributed by atoms with E-state index in [1.165, 1.54) is 4.57 Å². The van der Waals surface area contributed by atoms with Crippen molar-refractivity contribution in [3.63, 3.8) is 0 Å². The van der Waals surface area contributed by atoms with Crippen LogP contribution in [0.3, 0.4) is 0 Å². The van der Waals surface area contributed by atoms with Gasteiger partial charge in [0, 0.05) is 13.0 Å². The lowest BCUT2D eigenvalue weighted by Crippen LogP contribution is -2.48. The summed E-state index contributed by atoms with van der Waals surface area (Å²) < 4.78 is 4.00. The van der Waals surface area contributed by atoms with Crippen LogP contribution in [-0.2, 0) is 29.2 Å². The number of imidazole rings is 1. The Morgan fingerprint density at radius 2 is 1.73 bits per heavy atom. The molecule has 2 aromatic heterocycles. The van der Waals surface area contributed by atoms with Crippen LogP contribution in [0.15, 0.2) is 46.2 Å². The fraction of sp³-hybridized carbons (Fsp3) is 0.435. The highest BCUT2D eigenvalue weighted by Gasteiger charge is 2.20. The van der Waals surface area contributed by atoms with E-state index in [1.807, 2.05) is 51.1 Å². The Morgan fingerprint density at radius 1 is 1.03 bits per heavy atom. The first-order valence-corrected chi connectivity index (χ1v) is 11.1. The van der Waals surface area contributed by atoms with E-state index in [2.05, 4.69) is 15.8 Å². The van der Waals surface area contributed by atoms with Gasteiger partial charge in [-0.15, -0.1) is 0 Å². The first-order chi connectivity index (χ1) is 15.8. The van der Waals surface area contributed by atoms with Gasteiger partial charge in [-0.2, -0.15) is 0 Å². The minimum Gasteiger partial charge on any atom is -0.324 e. The minimum absolute atomic E-state index is 0.199. The maximum atomic E-state index is 13.3. The van der Waals surface area contributed by atoms with E-state index in [4.69, 9.17) is 0 Å². The number of hydrazine groups is 1. The molecule has 33 heavy (non-hydrogen) atoms. The smallest absolute Gasteiger partial charge is 0.324 e. The molecule has 0 saturated carbocycles. The molecule has 0 aliphatic carbocycles. The molecule has 0 bridgehead atoms. The summed E-state index contributed by atoms with van der Waals surface area (Å²) in [5, 5.41) is 0.